The second kappa shape index (κ2) is 16.7. The molecule has 3 N–H and O–H groups in total. The molecule has 294 valence electrons. The molecule has 5 heterocycles. The molecule has 5 aliphatic heterocycles. The minimum Gasteiger partial charge on any atom is -0.497 e. The molecule has 0 atom stereocenters. The Balaban J connectivity index is 0.000000143. The number of carbonyl (C=O) groups excluding carboxylic acids is 5. The van der Waals surface area contributed by atoms with Gasteiger partial charge in [0.1, 0.15) is 11.5 Å². The molecule has 5 aliphatic rings. The van der Waals surface area contributed by atoms with Crippen LogP contribution in [0, 0.1) is 0 Å². The van der Waals surface area contributed by atoms with Gasteiger partial charge in [0.15, 0.2) is 0 Å². The van der Waals surface area contributed by atoms with Crippen molar-refractivity contribution in [3.05, 3.63) is 117 Å². The van der Waals surface area contributed by atoms with Crippen LogP contribution in [0.1, 0.15) is 62.1 Å². The van der Waals surface area contributed by atoms with Crippen molar-refractivity contribution in [3.63, 3.8) is 0 Å². The Labute approximate surface area is 331 Å². The number of ketones is 1. The standard InChI is InChI=1S/C22H20N2O3.C14H15NO3.C9H11NO2/c1-27-17-6-2-4-13(12-17)18-19(22(26)23-21(18)25)16-10-14-5-3-8-24-9-7-15(11-16)20(14)24;1-18-14(17)13(16)11-7-9-3-2-5-15-6-4-10(8-11)12(9)15;1-12-8-4-2-3-7(5-8)6-9(10)11/h2,4,6,10-12H,3,5,7-9H2,1H3,(H,23,25,26);7-8H,2-6H2,1H3;2-5H,6H2,1H3,(H2,10,11). The fourth-order valence-electron chi connectivity index (χ4n) is 8.45. The predicted molar refractivity (Wildman–Crippen MR) is 217 cm³/mol. The molecule has 0 bridgehead atoms. The lowest BCUT2D eigenvalue weighted by Gasteiger charge is -2.27. The average molecular weight is 771 g/mol. The quantitative estimate of drug-likeness (QED) is 0.112. The molecule has 0 aliphatic carbocycles. The summed E-state index contributed by atoms with van der Waals surface area (Å²) >= 11 is 0. The van der Waals surface area contributed by atoms with Crippen LogP contribution in [0.4, 0.5) is 11.4 Å². The van der Waals surface area contributed by atoms with Crippen molar-refractivity contribution in [3.8, 4) is 11.5 Å². The average Bonchev–Trinajstić information content (AvgIpc) is 3.93. The van der Waals surface area contributed by atoms with Crippen molar-refractivity contribution in [2.45, 2.75) is 44.9 Å². The number of esters is 1. The lowest BCUT2D eigenvalue weighted by Crippen LogP contribution is -2.26. The lowest BCUT2D eigenvalue weighted by molar-refractivity contribution is -0.135. The largest absolute Gasteiger partial charge is 0.497 e. The van der Waals surface area contributed by atoms with E-state index in [9.17, 15) is 24.0 Å². The Bertz CT molecular complexity index is 2310. The van der Waals surface area contributed by atoms with Gasteiger partial charge in [-0.2, -0.15) is 0 Å². The van der Waals surface area contributed by atoms with Gasteiger partial charge >= 0.3 is 5.97 Å². The number of hydrogen-bond acceptors (Lipinski definition) is 10. The number of primary amides is 1. The van der Waals surface area contributed by atoms with E-state index in [0.29, 0.717) is 28.0 Å². The van der Waals surface area contributed by atoms with E-state index in [-0.39, 0.29) is 24.1 Å². The molecule has 12 nitrogen and oxygen atoms in total. The van der Waals surface area contributed by atoms with Crippen LogP contribution in [0.2, 0.25) is 0 Å². The van der Waals surface area contributed by atoms with Gasteiger partial charge in [-0.25, -0.2) is 4.79 Å². The van der Waals surface area contributed by atoms with Crippen molar-refractivity contribution in [2.75, 3.05) is 57.3 Å². The molecular weight excluding hydrogens is 725 g/mol. The highest BCUT2D eigenvalue weighted by Crippen LogP contribution is 2.41. The van der Waals surface area contributed by atoms with Crippen LogP contribution in [0.3, 0.4) is 0 Å². The number of nitrogens with one attached hydrogen (secondary N) is 1. The fourth-order valence-corrected chi connectivity index (χ4v) is 8.45. The van der Waals surface area contributed by atoms with Crippen molar-refractivity contribution in [2.24, 2.45) is 5.73 Å². The summed E-state index contributed by atoms with van der Waals surface area (Å²) < 4.78 is 14.8. The first-order chi connectivity index (χ1) is 27.6. The van der Waals surface area contributed by atoms with E-state index < -0.39 is 11.8 Å². The molecule has 9 rings (SSSR count). The van der Waals surface area contributed by atoms with Gasteiger partial charge < -0.3 is 29.7 Å². The lowest BCUT2D eigenvalue weighted by atomic mass is 9.91. The third-order valence-corrected chi connectivity index (χ3v) is 10.9. The minimum absolute atomic E-state index is 0.261. The zero-order valence-corrected chi connectivity index (χ0v) is 32.4. The first-order valence-electron chi connectivity index (χ1n) is 19.2. The summed E-state index contributed by atoms with van der Waals surface area (Å²) in [5.74, 6) is -0.925. The van der Waals surface area contributed by atoms with E-state index in [1.807, 2.05) is 48.5 Å². The molecular formula is C45H46N4O8. The monoisotopic (exact) mass is 770 g/mol. The third-order valence-electron chi connectivity index (χ3n) is 10.9. The van der Waals surface area contributed by atoms with Crippen LogP contribution in [0.15, 0.2) is 72.8 Å². The summed E-state index contributed by atoms with van der Waals surface area (Å²) in [6.45, 7) is 4.28. The molecule has 0 saturated carbocycles. The molecule has 0 saturated heterocycles. The highest BCUT2D eigenvalue weighted by atomic mass is 16.5. The second-order valence-electron chi connectivity index (χ2n) is 14.5. The maximum atomic E-state index is 12.7. The molecule has 0 radical (unpaired) electrons. The Kier molecular flexibility index (Phi) is 11.4. The maximum Gasteiger partial charge on any atom is 0.379 e. The number of rotatable bonds is 8. The molecule has 0 spiro atoms. The minimum atomic E-state index is -0.784. The Hall–Kier alpha value is -6.43. The number of methoxy groups -OCH3 is 3. The summed E-state index contributed by atoms with van der Waals surface area (Å²) in [6, 6.07) is 22.5. The highest BCUT2D eigenvalue weighted by molar-refractivity contribution is 6.49. The van der Waals surface area contributed by atoms with Crippen LogP contribution < -0.4 is 30.3 Å². The van der Waals surface area contributed by atoms with Crippen molar-refractivity contribution >= 4 is 52.0 Å². The van der Waals surface area contributed by atoms with Gasteiger partial charge in [0.05, 0.1) is 38.9 Å². The summed E-state index contributed by atoms with van der Waals surface area (Å²) in [4.78, 5) is 63.8. The zero-order valence-electron chi connectivity index (χ0n) is 32.4. The van der Waals surface area contributed by atoms with Gasteiger partial charge in [0.2, 0.25) is 5.91 Å². The van der Waals surface area contributed by atoms with Crippen molar-refractivity contribution in [1.29, 1.82) is 0 Å². The number of ether oxygens (including phenoxy) is 3. The van der Waals surface area contributed by atoms with Crippen LogP contribution in [0.25, 0.3) is 11.1 Å². The van der Waals surface area contributed by atoms with E-state index in [1.165, 1.54) is 40.7 Å². The SMILES string of the molecule is COC(=O)C(=O)c1cc2c3c(c1)CCN3CCC2.COc1cccc(C2=C(c3cc4c5c(c3)CCN5CCC4)C(=O)NC2=O)c1.COc1cccc(CC(N)=O)c1. The topological polar surface area (TPSA) is 158 Å². The summed E-state index contributed by atoms with van der Waals surface area (Å²) in [6.07, 6.45) is 6.46. The Morgan fingerprint density at radius 1 is 0.649 bits per heavy atom. The van der Waals surface area contributed by atoms with E-state index in [4.69, 9.17) is 15.2 Å². The number of amides is 3. The summed E-state index contributed by atoms with van der Waals surface area (Å²) in [7, 11) is 4.41. The van der Waals surface area contributed by atoms with E-state index in [0.717, 1.165) is 81.6 Å². The number of benzene rings is 4. The first-order valence-corrected chi connectivity index (χ1v) is 19.2. The number of anilines is 2. The number of imide groups is 1. The number of carbonyl (C=O) groups is 5. The highest BCUT2D eigenvalue weighted by Gasteiger charge is 2.35. The number of Topliss-reactive ketones (excluding diaryl/α,β-unsaturated/α-hetero) is 1. The second-order valence-corrected chi connectivity index (χ2v) is 14.5. The Morgan fingerprint density at radius 3 is 1.75 bits per heavy atom. The molecule has 0 unspecified atom stereocenters. The van der Waals surface area contributed by atoms with Crippen LogP contribution in [0.5, 0.6) is 11.5 Å². The number of hydrogen-bond donors (Lipinski definition) is 2. The predicted octanol–water partition coefficient (Wildman–Crippen LogP) is 4.65. The molecule has 57 heavy (non-hydrogen) atoms. The van der Waals surface area contributed by atoms with Gasteiger partial charge in [-0.1, -0.05) is 24.3 Å². The van der Waals surface area contributed by atoms with Crippen LogP contribution >= 0.6 is 0 Å². The smallest absolute Gasteiger partial charge is 0.379 e. The van der Waals surface area contributed by atoms with Crippen molar-refractivity contribution < 1.29 is 38.2 Å². The van der Waals surface area contributed by atoms with Gasteiger partial charge in [-0.05, 0) is 126 Å². The number of nitrogens with zero attached hydrogens (tertiary/aromatic N) is 2. The van der Waals surface area contributed by atoms with E-state index in [1.54, 1.807) is 26.4 Å². The van der Waals surface area contributed by atoms with Gasteiger partial charge in [-0.15, -0.1) is 0 Å². The van der Waals surface area contributed by atoms with E-state index in [2.05, 4.69) is 32.0 Å². The fraction of sp³-hybridized carbons (Fsp3) is 0.311. The summed E-state index contributed by atoms with van der Waals surface area (Å²) in [5, 5.41) is 2.48. The third kappa shape index (κ3) is 8.12. The summed E-state index contributed by atoms with van der Waals surface area (Å²) in [5.41, 5.74) is 16.4. The molecule has 0 aromatic heterocycles. The molecule has 4 aromatic carbocycles. The number of aryl methyl sites for hydroxylation is 2. The first kappa shape index (κ1) is 38.8. The molecule has 0 fully saturated rings. The van der Waals surface area contributed by atoms with Gasteiger partial charge in [0, 0.05) is 43.1 Å². The van der Waals surface area contributed by atoms with Crippen LogP contribution in [-0.2, 0) is 56.0 Å². The normalized spacial score (nSPS) is 15.7. The van der Waals surface area contributed by atoms with Gasteiger partial charge in [-0.3, -0.25) is 24.5 Å². The Morgan fingerprint density at radius 2 is 1.18 bits per heavy atom. The molecule has 3 amide bonds. The molecule has 4 aromatic rings. The molecule has 12 heteroatoms. The van der Waals surface area contributed by atoms with Crippen LogP contribution in [-0.4, -0.2) is 77.0 Å². The number of nitrogens with two attached hydrogens (primary N) is 1. The van der Waals surface area contributed by atoms with Gasteiger partial charge in [0.25, 0.3) is 17.6 Å². The maximum absolute atomic E-state index is 12.7. The van der Waals surface area contributed by atoms with Crippen molar-refractivity contribution in [1.82, 2.24) is 5.32 Å². The van der Waals surface area contributed by atoms with E-state index >= 15 is 0 Å². The zero-order chi connectivity index (χ0) is 40.2.